The molecule has 0 saturated carbocycles. The molecule has 5 heteroatoms. The number of amides is 1. The molecule has 1 aromatic carbocycles. The zero-order valence-corrected chi connectivity index (χ0v) is 15.7. The minimum absolute atomic E-state index is 0.0164. The largest absolute Gasteiger partial charge is 0.466 e. The first-order chi connectivity index (χ1) is 12.0. The lowest BCUT2D eigenvalue weighted by Gasteiger charge is -2.30. The third-order valence-corrected chi connectivity index (χ3v) is 4.28. The van der Waals surface area contributed by atoms with Crippen molar-refractivity contribution in [1.82, 2.24) is 4.90 Å². The van der Waals surface area contributed by atoms with Crippen LogP contribution in [0.3, 0.4) is 0 Å². The summed E-state index contributed by atoms with van der Waals surface area (Å²) in [6.07, 6.45) is 2.82. The SMILES string of the molecule is CCOC(=O)CCN(C(=O)CCCc1ccc(C)cc1)C(CC)CO. The molecule has 140 valence electrons. The highest BCUT2D eigenvalue weighted by Gasteiger charge is 2.22. The first-order valence-corrected chi connectivity index (χ1v) is 9.13. The maximum atomic E-state index is 12.6. The summed E-state index contributed by atoms with van der Waals surface area (Å²) in [5.41, 5.74) is 2.43. The Balaban J connectivity index is 2.55. The Kier molecular flexibility index (Phi) is 9.85. The van der Waals surface area contributed by atoms with Gasteiger partial charge in [0, 0.05) is 13.0 Å². The number of esters is 1. The van der Waals surface area contributed by atoms with Crippen LogP contribution in [0.2, 0.25) is 0 Å². The van der Waals surface area contributed by atoms with E-state index in [-0.39, 0.29) is 30.9 Å². The van der Waals surface area contributed by atoms with Gasteiger partial charge in [-0.2, -0.15) is 0 Å². The summed E-state index contributed by atoms with van der Waals surface area (Å²) in [6, 6.07) is 8.06. The summed E-state index contributed by atoms with van der Waals surface area (Å²) in [7, 11) is 0. The molecular weight excluding hydrogens is 318 g/mol. The molecular formula is C20H31NO4. The van der Waals surface area contributed by atoms with Crippen LogP contribution < -0.4 is 0 Å². The smallest absolute Gasteiger partial charge is 0.307 e. The van der Waals surface area contributed by atoms with E-state index in [4.69, 9.17) is 4.74 Å². The molecule has 1 rings (SSSR count). The van der Waals surface area contributed by atoms with Gasteiger partial charge >= 0.3 is 5.97 Å². The van der Waals surface area contributed by atoms with Gasteiger partial charge in [-0.15, -0.1) is 0 Å². The van der Waals surface area contributed by atoms with Gasteiger partial charge in [0.05, 0.1) is 25.7 Å². The van der Waals surface area contributed by atoms with Crippen molar-refractivity contribution in [3.05, 3.63) is 35.4 Å². The molecule has 0 fully saturated rings. The van der Waals surface area contributed by atoms with Gasteiger partial charge in [-0.1, -0.05) is 36.8 Å². The minimum atomic E-state index is -0.312. The molecule has 0 saturated heterocycles. The zero-order valence-electron chi connectivity index (χ0n) is 15.7. The molecule has 1 aromatic rings. The number of aliphatic hydroxyl groups excluding tert-OH is 1. The Morgan fingerprint density at radius 3 is 2.40 bits per heavy atom. The molecule has 1 amide bonds. The molecule has 1 unspecified atom stereocenters. The summed E-state index contributed by atoms with van der Waals surface area (Å²) in [4.78, 5) is 25.8. The Morgan fingerprint density at radius 2 is 1.84 bits per heavy atom. The molecule has 0 heterocycles. The van der Waals surface area contributed by atoms with E-state index in [0.29, 0.717) is 26.0 Å². The van der Waals surface area contributed by atoms with E-state index in [0.717, 1.165) is 12.8 Å². The summed E-state index contributed by atoms with van der Waals surface area (Å²) in [5.74, 6) is -0.329. The highest BCUT2D eigenvalue weighted by molar-refractivity contribution is 5.77. The van der Waals surface area contributed by atoms with Gasteiger partial charge in [0.15, 0.2) is 0 Å². The van der Waals surface area contributed by atoms with Crippen LogP contribution in [0.25, 0.3) is 0 Å². The Labute approximate surface area is 151 Å². The first-order valence-electron chi connectivity index (χ1n) is 9.13. The van der Waals surface area contributed by atoms with Gasteiger partial charge < -0.3 is 14.7 Å². The van der Waals surface area contributed by atoms with Crippen LogP contribution in [0, 0.1) is 6.92 Å². The maximum absolute atomic E-state index is 12.6. The van der Waals surface area contributed by atoms with Gasteiger partial charge in [0.1, 0.15) is 0 Å². The second-order valence-corrected chi connectivity index (χ2v) is 6.23. The summed E-state index contributed by atoms with van der Waals surface area (Å²) >= 11 is 0. The average molecular weight is 349 g/mol. The van der Waals surface area contributed by atoms with Gasteiger partial charge in [-0.3, -0.25) is 9.59 Å². The number of benzene rings is 1. The van der Waals surface area contributed by atoms with Crippen molar-refractivity contribution in [2.75, 3.05) is 19.8 Å². The Morgan fingerprint density at radius 1 is 1.16 bits per heavy atom. The van der Waals surface area contributed by atoms with E-state index in [1.807, 2.05) is 6.92 Å². The molecule has 5 nitrogen and oxygen atoms in total. The lowest BCUT2D eigenvalue weighted by atomic mass is 10.1. The maximum Gasteiger partial charge on any atom is 0.307 e. The number of carbonyl (C=O) groups is 2. The molecule has 0 bridgehead atoms. The Hall–Kier alpha value is -1.88. The number of hydrogen-bond acceptors (Lipinski definition) is 4. The second kappa shape index (κ2) is 11.6. The van der Waals surface area contributed by atoms with E-state index in [1.165, 1.54) is 11.1 Å². The second-order valence-electron chi connectivity index (χ2n) is 6.23. The van der Waals surface area contributed by atoms with Crippen molar-refractivity contribution < 1.29 is 19.4 Å². The lowest BCUT2D eigenvalue weighted by molar-refractivity contribution is -0.144. The zero-order chi connectivity index (χ0) is 18.7. The molecule has 0 aliphatic heterocycles. The number of rotatable bonds is 11. The third-order valence-electron chi connectivity index (χ3n) is 4.28. The quantitative estimate of drug-likeness (QED) is 0.624. The lowest BCUT2D eigenvalue weighted by Crippen LogP contribution is -2.43. The molecule has 25 heavy (non-hydrogen) atoms. The molecule has 0 spiro atoms. The van der Waals surface area contributed by atoms with E-state index < -0.39 is 0 Å². The number of carbonyl (C=O) groups excluding carboxylic acids is 2. The van der Waals surface area contributed by atoms with Crippen LogP contribution in [-0.4, -0.2) is 47.7 Å². The van der Waals surface area contributed by atoms with Crippen molar-refractivity contribution in [3.8, 4) is 0 Å². The normalized spacial score (nSPS) is 11.8. The number of aliphatic hydroxyl groups is 1. The third kappa shape index (κ3) is 7.69. The fourth-order valence-corrected chi connectivity index (χ4v) is 2.75. The van der Waals surface area contributed by atoms with Crippen molar-refractivity contribution in [2.24, 2.45) is 0 Å². The van der Waals surface area contributed by atoms with Crippen molar-refractivity contribution >= 4 is 11.9 Å². The van der Waals surface area contributed by atoms with Gasteiger partial charge in [0.2, 0.25) is 5.91 Å². The van der Waals surface area contributed by atoms with E-state index in [2.05, 4.69) is 31.2 Å². The first kappa shape index (κ1) is 21.2. The predicted octanol–water partition coefficient (Wildman–Crippen LogP) is 2.87. The molecule has 0 aromatic heterocycles. The standard InChI is InChI=1S/C20H31NO4/c1-4-18(15-22)21(14-13-20(24)25-5-2)19(23)8-6-7-17-11-9-16(3)10-12-17/h9-12,18,22H,4-8,13-15H2,1-3H3. The van der Waals surface area contributed by atoms with Crippen molar-refractivity contribution in [3.63, 3.8) is 0 Å². The summed E-state index contributed by atoms with van der Waals surface area (Å²) in [6.45, 7) is 6.27. The van der Waals surface area contributed by atoms with Crippen LogP contribution in [0.1, 0.15) is 50.7 Å². The molecule has 0 aliphatic carbocycles. The fraction of sp³-hybridized carbons (Fsp3) is 0.600. The monoisotopic (exact) mass is 349 g/mol. The van der Waals surface area contributed by atoms with Gasteiger partial charge in [-0.05, 0) is 38.7 Å². The fourth-order valence-electron chi connectivity index (χ4n) is 2.75. The summed E-state index contributed by atoms with van der Waals surface area (Å²) < 4.78 is 4.93. The van der Waals surface area contributed by atoms with E-state index in [1.54, 1.807) is 11.8 Å². The van der Waals surface area contributed by atoms with Gasteiger partial charge in [-0.25, -0.2) is 0 Å². The predicted molar refractivity (Wildman–Crippen MR) is 98.2 cm³/mol. The topological polar surface area (TPSA) is 66.8 Å². The van der Waals surface area contributed by atoms with E-state index in [9.17, 15) is 14.7 Å². The van der Waals surface area contributed by atoms with E-state index >= 15 is 0 Å². The molecule has 1 atom stereocenters. The van der Waals surface area contributed by atoms with Crippen LogP contribution in [0.15, 0.2) is 24.3 Å². The number of nitrogens with zero attached hydrogens (tertiary/aromatic N) is 1. The molecule has 1 N–H and O–H groups in total. The van der Waals surface area contributed by atoms with Crippen molar-refractivity contribution in [1.29, 1.82) is 0 Å². The van der Waals surface area contributed by atoms with Crippen molar-refractivity contribution in [2.45, 2.75) is 58.9 Å². The average Bonchev–Trinajstić information content (AvgIpc) is 2.60. The minimum Gasteiger partial charge on any atom is -0.466 e. The molecule has 0 aliphatic rings. The highest BCUT2D eigenvalue weighted by Crippen LogP contribution is 2.12. The highest BCUT2D eigenvalue weighted by atomic mass is 16.5. The van der Waals surface area contributed by atoms with Crippen LogP contribution in [-0.2, 0) is 20.7 Å². The van der Waals surface area contributed by atoms with Crippen LogP contribution in [0.4, 0.5) is 0 Å². The summed E-state index contributed by atoms with van der Waals surface area (Å²) in [5, 5.41) is 9.53. The van der Waals surface area contributed by atoms with Crippen LogP contribution in [0.5, 0.6) is 0 Å². The number of aryl methyl sites for hydroxylation is 2. The Bertz CT molecular complexity index is 523. The number of ether oxygens (including phenoxy) is 1. The van der Waals surface area contributed by atoms with Crippen LogP contribution >= 0.6 is 0 Å². The molecule has 0 radical (unpaired) electrons. The number of hydrogen-bond donors (Lipinski definition) is 1. The van der Waals surface area contributed by atoms with Gasteiger partial charge in [0.25, 0.3) is 0 Å².